The number of carbonyl (C=O) groups is 1. The van der Waals surface area contributed by atoms with Gasteiger partial charge in [0, 0.05) is 22.9 Å². The fourth-order valence-electron chi connectivity index (χ4n) is 3.23. The molecule has 0 aliphatic heterocycles. The average Bonchev–Trinajstić information content (AvgIpc) is 3.12. The molecule has 0 bridgehead atoms. The van der Waals surface area contributed by atoms with Crippen molar-refractivity contribution in [2.24, 2.45) is 0 Å². The van der Waals surface area contributed by atoms with E-state index in [4.69, 9.17) is 16.6 Å². The first-order valence-electron chi connectivity index (χ1n) is 10.5. The van der Waals surface area contributed by atoms with Crippen molar-refractivity contribution in [3.63, 3.8) is 0 Å². The van der Waals surface area contributed by atoms with Crippen molar-refractivity contribution in [1.29, 1.82) is 0 Å². The smallest absolute Gasteiger partial charge is 0.228 e. The summed E-state index contributed by atoms with van der Waals surface area (Å²) in [5.41, 5.74) is 3.47. The topological polar surface area (TPSA) is 36.4 Å². The monoisotopic (exact) mass is 475 g/mol. The Bertz CT molecular complexity index is 979. The molecule has 0 atom stereocenters. The van der Waals surface area contributed by atoms with Gasteiger partial charge >= 0.3 is 0 Å². The lowest BCUT2D eigenvalue weighted by Gasteiger charge is -2.21. The minimum Gasteiger partial charge on any atom is -0.309 e. The van der Waals surface area contributed by atoms with Crippen LogP contribution in [0.5, 0.6) is 0 Å². The number of anilines is 1. The maximum Gasteiger partial charge on any atom is 0.228 e. The Morgan fingerprint density at radius 2 is 1.77 bits per heavy atom. The summed E-state index contributed by atoms with van der Waals surface area (Å²) in [4.78, 5) is 23.2. The molecule has 0 aliphatic rings. The Kier molecular flexibility index (Phi) is 8.78. The van der Waals surface area contributed by atoms with Crippen LogP contribution in [-0.2, 0) is 4.79 Å². The molecule has 4 nitrogen and oxygen atoms in total. The maximum absolute atomic E-state index is 13.1. The Morgan fingerprint density at radius 3 is 2.48 bits per heavy atom. The molecule has 0 fully saturated rings. The summed E-state index contributed by atoms with van der Waals surface area (Å²) in [7, 11) is 4.12. The molecule has 0 saturated carbocycles. The first-order chi connectivity index (χ1) is 14.8. The van der Waals surface area contributed by atoms with Gasteiger partial charge in [-0.15, -0.1) is 11.8 Å². The molecule has 0 N–H and O–H groups in total. The van der Waals surface area contributed by atoms with Crippen LogP contribution in [-0.4, -0.2) is 48.7 Å². The normalized spacial score (nSPS) is 11.4. The van der Waals surface area contributed by atoms with E-state index in [1.807, 2.05) is 29.2 Å². The molecule has 0 radical (unpaired) electrons. The van der Waals surface area contributed by atoms with E-state index in [0.29, 0.717) is 13.0 Å². The molecule has 0 aliphatic carbocycles. The molecule has 3 aromatic rings. The number of aryl methyl sites for hydroxylation is 2. The number of hydrogen-bond donors (Lipinski definition) is 0. The molecule has 166 valence electrons. The number of thiazole rings is 1. The Balaban J connectivity index is 1.65. The lowest BCUT2D eigenvalue weighted by Crippen LogP contribution is -2.33. The average molecular weight is 476 g/mol. The molecule has 1 heterocycles. The summed E-state index contributed by atoms with van der Waals surface area (Å²) < 4.78 is 1.14. The Morgan fingerprint density at radius 1 is 1.06 bits per heavy atom. The van der Waals surface area contributed by atoms with Gasteiger partial charge in [0.1, 0.15) is 0 Å². The number of aromatic nitrogens is 1. The second kappa shape index (κ2) is 11.3. The zero-order valence-electron chi connectivity index (χ0n) is 18.7. The third-order valence-electron chi connectivity index (χ3n) is 5.13. The molecule has 0 unspecified atom stereocenters. The van der Waals surface area contributed by atoms with Crippen molar-refractivity contribution in [2.75, 3.05) is 37.8 Å². The summed E-state index contributed by atoms with van der Waals surface area (Å²) in [5.74, 6) is 1.06. The van der Waals surface area contributed by atoms with Gasteiger partial charge in [-0.05, 0) is 101 Å². The second-order valence-corrected chi connectivity index (χ2v) is 10.6. The van der Waals surface area contributed by atoms with Crippen LogP contribution in [0.25, 0.3) is 10.2 Å². The highest BCUT2D eigenvalue weighted by Crippen LogP contribution is 2.31. The standard InChI is InChI=1S/C24H30ClN3OS2/c1-17-15-21-22(16-18(17)2)31-24(26-21)28(13-6-12-27(3)4)23(29)7-5-14-30-20-10-8-19(25)9-11-20/h8-11,15-16H,5-7,12-14H2,1-4H3. The van der Waals surface area contributed by atoms with E-state index in [9.17, 15) is 4.79 Å². The number of thioether (sulfide) groups is 1. The highest BCUT2D eigenvalue weighted by Gasteiger charge is 2.19. The summed E-state index contributed by atoms with van der Waals surface area (Å²) in [6.07, 6.45) is 2.28. The number of fused-ring (bicyclic) bond motifs is 1. The molecule has 2 aromatic carbocycles. The largest absolute Gasteiger partial charge is 0.309 e. The molecule has 3 rings (SSSR count). The highest BCUT2D eigenvalue weighted by atomic mass is 35.5. The van der Waals surface area contributed by atoms with Crippen LogP contribution in [0.15, 0.2) is 41.3 Å². The van der Waals surface area contributed by atoms with Crippen molar-refractivity contribution in [1.82, 2.24) is 9.88 Å². The van der Waals surface area contributed by atoms with E-state index in [1.54, 1.807) is 23.1 Å². The quantitative estimate of drug-likeness (QED) is 0.250. The van der Waals surface area contributed by atoms with Gasteiger partial charge < -0.3 is 4.90 Å². The van der Waals surface area contributed by atoms with Crippen LogP contribution in [0.3, 0.4) is 0 Å². The van der Waals surface area contributed by atoms with Gasteiger partial charge in [0.05, 0.1) is 10.2 Å². The highest BCUT2D eigenvalue weighted by molar-refractivity contribution is 7.99. The predicted molar refractivity (Wildman–Crippen MR) is 136 cm³/mol. The number of hydrogen-bond acceptors (Lipinski definition) is 5. The predicted octanol–water partition coefficient (Wildman–Crippen LogP) is 6.42. The van der Waals surface area contributed by atoms with Gasteiger partial charge in [-0.2, -0.15) is 0 Å². The number of benzene rings is 2. The molecule has 0 saturated heterocycles. The lowest BCUT2D eigenvalue weighted by atomic mass is 10.1. The van der Waals surface area contributed by atoms with Gasteiger partial charge in [0.15, 0.2) is 5.13 Å². The molecular weight excluding hydrogens is 446 g/mol. The summed E-state index contributed by atoms with van der Waals surface area (Å²) in [6, 6.07) is 12.1. The lowest BCUT2D eigenvalue weighted by molar-refractivity contribution is -0.118. The van der Waals surface area contributed by atoms with E-state index in [-0.39, 0.29) is 5.91 Å². The number of nitrogens with zero attached hydrogens (tertiary/aromatic N) is 3. The zero-order valence-corrected chi connectivity index (χ0v) is 21.0. The molecule has 7 heteroatoms. The molecule has 1 amide bonds. The Labute approximate surface area is 198 Å². The molecule has 0 spiro atoms. The fraction of sp³-hybridized carbons (Fsp3) is 0.417. The van der Waals surface area contributed by atoms with Crippen LogP contribution < -0.4 is 4.90 Å². The first kappa shape index (κ1) is 24.1. The number of rotatable bonds is 10. The van der Waals surface area contributed by atoms with Crippen LogP contribution in [0.2, 0.25) is 5.02 Å². The minimum atomic E-state index is 0.156. The van der Waals surface area contributed by atoms with E-state index in [2.05, 4.69) is 45.0 Å². The molecule has 31 heavy (non-hydrogen) atoms. The van der Waals surface area contributed by atoms with E-state index >= 15 is 0 Å². The van der Waals surface area contributed by atoms with Crippen LogP contribution in [0.1, 0.15) is 30.4 Å². The minimum absolute atomic E-state index is 0.156. The zero-order chi connectivity index (χ0) is 22.4. The molecule has 1 aromatic heterocycles. The van der Waals surface area contributed by atoms with E-state index < -0.39 is 0 Å². The van der Waals surface area contributed by atoms with Gasteiger partial charge in [-0.3, -0.25) is 9.69 Å². The van der Waals surface area contributed by atoms with Gasteiger partial charge in [0.2, 0.25) is 5.91 Å². The van der Waals surface area contributed by atoms with E-state index in [0.717, 1.165) is 45.5 Å². The third-order valence-corrected chi connectivity index (χ3v) is 7.52. The third kappa shape index (κ3) is 6.94. The van der Waals surface area contributed by atoms with Crippen molar-refractivity contribution >= 4 is 56.0 Å². The Hall–Kier alpha value is -1.60. The van der Waals surface area contributed by atoms with Gasteiger partial charge in [-0.25, -0.2) is 4.98 Å². The number of halogens is 1. The summed E-state index contributed by atoms with van der Waals surface area (Å²) in [5, 5.41) is 1.56. The van der Waals surface area contributed by atoms with Crippen LogP contribution in [0, 0.1) is 13.8 Å². The second-order valence-electron chi connectivity index (χ2n) is 8.01. The summed E-state index contributed by atoms with van der Waals surface area (Å²) >= 11 is 9.32. The van der Waals surface area contributed by atoms with Crippen molar-refractivity contribution in [3.05, 3.63) is 52.5 Å². The number of amides is 1. The maximum atomic E-state index is 13.1. The van der Waals surface area contributed by atoms with Crippen molar-refractivity contribution < 1.29 is 4.79 Å². The van der Waals surface area contributed by atoms with Crippen molar-refractivity contribution in [3.8, 4) is 0 Å². The SMILES string of the molecule is Cc1cc2nc(N(CCCN(C)C)C(=O)CCCSc3ccc(Cl)cc3)sc2cc1C. The van der Waals surface area contributed by atoms with Crippen molar-refractivity contribution in [2.45, 2.75) is 38.0 Å². The van der Waals surface area contributed by atoms with E-state index in [1.165, 1.54) is 16.0 Å². The van der Waals surface area contributed by atoms with Crippen LogP contribution >= 0.6 is 34.7 Å². The van der Waals surface area contributed by atoms with Gasteiger partial charge in [-0.1, -0.05) is 22.9 Å². The number of carbonyl (C=O) groups excluding carboxylic acids is 1. The first-order valence-corrected chi connectivity index (χ1v) is 12.7. The molecular formula is C24H30ClN3OS2. The summed E-state index contributed by atoms with van der Waals surface area (Å²) in [6.45, 7) is 5.86. The van der Waals surface area contributed by atoms with Gasteiger partial charge in [0.25, 0.3) is 0 Å². The fourth-order valence-corrected chi connectivity index (χ4v) is 5.30. The van der Waals surface area contributed by atoms with Crippen LogP contribution in [0.4, 0.5) is 5.13 Å².